The summed E-state index contributed by atoms with van der Waals surface area (Å²) in [4.78, 5) is 22.7. The van der Waals surface area contributed by atoms with Gasteiger partial charge in [0.1, 0.15) is 5.82 Å². The van der Waals surface area contributed by atoms with Gasteiger partial charge in [0, 0.05) is 13.0 Å². The number of amides is 1. The fraction of sp³-hybridized carbons (Fsp3) is 0.385. The number of carbonyl (C=O) groups is 2. The van der Waals surface area contributed by atoms with Crippen LogP contribution in [-0.2, 0) is 9.53 Å². The summed E-state index contributed by atoms with van der Waals surface area (Å²) in [7, 11) is 0. The highest BCUT2D eigenvalue weighted by Gasteiger charge is 2.15. The second-order valence-electron chi connectivity index (χ2n) is 4.02. The van der Waals surface area contributed by atoms with Gasteiger partial charge in [-0.15, -0.1) is 0 Å². The zero-order valence-corrected chi connectivity index (χ0v) is 11.0. The van der Waals surface area contributed by atoms with Crippen LogP contribution in [0.25, 0.3) is 0 Å². The van der Waals surface area contributed by atoms with Gasteiger partial charge in [-0.05, 0) is 25.5 Å². The Labute approximate surface area is 115 Å². The van der Waals surface area contributed by atoms with Crippen LogP contribution in [-0.4, -0.2) is 25.0 Å². The van der Waals surface area contributed by atoms with Crippen molar-refractivity contribution in [1.29, 1.82) is 0 Å². The van der Waals surface area contributed by atoms with Crippen molar-refractivity contribution in [2.45, 2.75) is 19.8 Å². The lowest BCUT2D eigenvalue weighted by Crippen LogP contribution is -2.26. The van der Waals surface area contributed by atoms with Crippen molar-refractivity contribution in [1.82, 2.24) is 5.32 Å². The average molecular weight is 286 g/mol. The molecule has 0 spiro atoms. The zero-order valence-electron chi connectivity index (χ0n) is 11.0. The van der Waals surface area contributed by atoms with Gasteiger partial charge in [0.25, 0.3) is 5.91 Å². The Balaban J connectivity index is 2.50. The minimum absolute atomic E-state index is 0.141. The van der Waals surface area contributed by atoms with E-state index in [0.29, 0.717) is 13.0 Å². The summed E-state index contributed by atoms with van der Waals surface area (Å²) in [6.45, 7) is 2.13. The van der Waals surface area contributed by atoms with Crippen LogP contribution in [0, 0.1) is 11.6 Å². The van der Waals surface area contributed by atoms with E-state index in [2.05, 4.69) is 5.32 Å². The topological polar surface area (TPSA) is 81.4 Å². The highest BCUT2D eigenvalue weighted by atomic mass is 19.1. The van der Waals surface area contributed by atoms with Crippen molar-refractivity contribution in [3.8, 4) is 0 Å². The smallest absolute Gasteiger partial charge is 0.305 e. The standard InChI is InChI=1S/C13H16F2N2O3/c1-2-20-11(18)4-3-5-17-13(19)9-6-8(14)7-10(16)12(9)15/h6-7H,2-5,16H2,1H3,(H,17,19). The molecule has 0 bridgehead atoms. The fourth-order valence-electron chi connectivity index (χ4n) is 1.54. The van der Waals surface area contributed by atoms with Gasteiger partial charge in [-0.2, -0.15) is 0 Å². The lowest BCUT2D eigenvalue weighted by atomic mass is 10.1. The Morgan fingerprint density at radius 1 is 1.35 bits per heavy atom. The monoisotopic (exact) mass is 286 g/mol. The predicted molar refractivity (Wildman–Crippen MR) is 69.0 cm³/mol. The van der Waals surface area contributed by atoms with E-state index in [4.69, 9.17) is 10.5 Å². The van der Waals surface area contributed by atoms with E-state index in [1.54, 1.807) is 6.92 Å². The van der Waals surface area contributed by atoms with Crippen LogP contribution in [0.3, 0.4) is 0 Å². The quantitative estimate of drug-likeness (QED) is 0.473. The van der Waals surface area contributed by atoms with E-state index in [1.165, 1.54) is 0 Å². The Bertz CT molecular complexity index is 507. The number of carbonyl (C=O) groups excluding carboxylic acids is 2. The largest absolute Gasteiger partial charge is 0.466 e. The first-order chi connectivity index (χ1) is 9.45. The number of anilines is 1. The maximum absolute atomic E-state index is 13.5. The lowest BCUT2D eigenvalue weighted by Gasteiger charge is -2.07. The molecule has 7 heteroatoms. The van der Waals surface area contributed by atoms with Crippen LogP contribution in [0.2, 0.25) is 0 Å². The molecule has 0 atom stereocenters. The Morgan fingerprint density at radius 2 is 2.05 bits per heavy atom. The van der Waals surface area contributed by atoms with Crippen LogP contribution >= 0.6 is 0 Å². The number of nitrogens with one attached hydrogen (secondary N) is 1. The molecule has 20 heavy (non-hydrogen) atoms. The summed E-state index contributed by atoms with van der Waals surface area (Å²) >= 11 is 0. The van der Waals surface area contributed by atoms with Crippen LogP contribution < -0.4 is 11.1 Å². The van der Waals surface area contributed by atoms with Crippen molar-refractivity contribution in [3.05, 3.63) is 29.3 Å². The van der Waals surface area contributed by atoms with E-state index in [0.717, 1.165) is 12.1 Å². The molecule has 5 nitrogen and oxygen atoms in total. The fourth-order valence-corrected chi connectivity index (χ4v) is 1.54. The number of rotatable bonds is 6. The van der Waals surface area contributed by atoms with Crippen molar-refractivity contribution in [2.75, 3.05) is 18.9 Å². The molecular formula is C13H16F2N2O3. The van der Waals surface area contributed by atoms with Crippen LogP contribution in [0.4, 0.5) is 14.5 Å². The second kappa shape index (κ2) is 7.42. The molecule has 0 unspecified atom stereocenters. The highest BCUT2D eigenvalue weighted by Crippen LogP contribution is 2.17. The van der Waals surface area contributed by atoms with E-state index in [9.17, 15) is 18.4 Å². The normalized spacial score (nSPS) is 10.2. The van der Waals surface area contributed by atoms with Crippen molar-refractivity contribution < 1.29 is 23.1 Å². The molecular weight excluding hydrogens is 270 g/mol. The molecule has 0 aliphatic heterocycles. The van der Waals surface area contributed by atoms with Gasteiger partial charge in [0.15, 0.2) is 5.82 Å². The molecule has 0 aliphatic rings. The summed E-state index contributed by atoms with van der Waals surface area (Å²) in [6.07, 6.45) is 0.485. The molecule has 0 fully saturated rings. The van der Waals surface area contributed by atoms with Crippen LogP contribution in [0.5, 0.6) is 0 Å². The molecule has 0 heterocycles. The lowest BCUT2D eigenvalue weighted by molar-refractivity contribution is -0.143. The third kappa shape index (κ3) is 4.49. The summed E-state index contributed by atoms with van der Waals surface area (Å²) in [5, 5.41) is 2.38. The number of ether oxygens (including phenoxy) is 1. The number of hydrogen-bond donors (Lipinski definition) is 2. The minimum Gasteiger partial charge on any atom is -0.466 e. The Kier molecular flexibility index (Phi) is 5.89. The molecule has 3 N–H and O–H groups in total. The average Bonchev–Trinajstić information content (AvgIpc) is 2.39. The third-order valence-corrected chi connectivity index (χ3v) is 2.46. The van der Waals surface area contributed by atoms with E-state index in [1.807, 2.05) is 0 Å². The van der Waals surface area contributed by atoms with E-state index < -0.39 is 28.8 Å². The number of hydrogen-bond acceptors (Lipinski definition) is 4. The van der Waals surface area contributed by atoms with Gasteiger partial charge in [-0.25, -0.2) is 8.78 Å². The molecule has 0 aliphatic carbocycles. The maximum Gasteiger partial charge on any atom is 0.305 e. The van der Waals surface area contributed by atoms with Crippen molar-refractivity contribution in [2.24, 2.45) is 0 Å². The molecule has 1 amide bonds. The zero-order chi connectivity index (χ0) is 15.1. The minimum atomic E-state index is -0.964. The van der Waals surface area contributed by atoms with E-state index >= 15 is 0 Å². The van der Waals surface area contributed by atoms with Crippen molar-refractivity contribution in [3.63, 3.8) is 0 Å². The van der Waals surface area contributed by atoms with Gasteiger partial charge < -0.3 is 15.8 Å². The molecule has 0 saturated carbocycles. The Hall–Kier alpha value is -2.18. The maximum atomic E-state index is 13.5. The second-order valence-corrected chi connectivity index (χ2v) is 4.02. The molecule has 1 aromatic carbocycles. The molecule has 1 rings (SSSR count). The summed E-state index contributed by atoms with van der Waals surface area (Å²) in [6, 6.07) is 1.57. The first-order valence-corrected chi connectivity index (χ1v) is 6.14. The van der Waals surface area contributed by atoms with Crippen molar-refractivity contribution >= 4 is 17.6 Å². The van der Waals surface area contributed by atoms with Gasteiger partial charge in [-0.3, -0.25) is 9.59 Å². The highest BCUT2D eigenvalue weighted by molar-refractivity contribution is 5.95. The summed E-state index contributed by atoms with van der Waals surface area (Å²) in [5.74, 6) is -2.91. The third-order valence-electron chi connectivity index (χ3n) is 2.46. The summed E-state index contributed by atoms with van der Waals surface area (Å²) < 4.78 is 31.3. The first kappa shape index (κ1) is 15.9. The molecule has 0 aromatic heterocycles. The molecule has 0 radical (unpaired) electrons. The predicted octanol–water partition coefficient (Wildman–Crippen LogP) is 1.62. The van der Waals surface area contributed by atoms with E-state index in [-0.39, 0.29) is 18.9 Å². The molecule has 1 aromatic rings. The number of esters is 1. The number of nitrogen functional groups attached to an aromatic ring is 1. The number of halogens is 2. The molecule has 110 valence electrons. The first-order valence-electron chi connectivity index (χ1n) is 6.14. The van der Waals surface area contributed by atoms with Gasteiger partial charge in [0.2, 0.25) is 0 Å². The number of benzene rings is 1. The SMILES string of the molecule is CCOC(=O)CCCNC(=O)c1cc(F)cc(N)c1F. The molecule has 0 saturated heterocycles. The summed E-state index contributed by atoms with van der Waals surface area (Å²) in [5.41, 5.74) is 4.34. The van der Waals surface area contributed by atoms with Gasteiger partial charge in [0.05, 0.1) is 17.9 Å². The van der Waals surface area contributed by atoms with Crippen LogP contribution in [0.15, 0.2) is 12.1 Å². The van der Waals surface area contributed by atoms with Crippen LogP contribution in [0.1, 0.15) is 30.1 Å². The number of nitrogens with two attached hydrogens (primary N) is 1. The Morgan fingerprint density at radius 3 is 2.70 bits per heavy atom. The van der Waals surface area contributed by atoms with Gasteiger partial charge in [-0.1, -0.05) is 0 Å². The van der Waals surface area contributed by atoms with Gasteiger partial charge >= 0.3 is 5.97 Å².